The zero-order valence-electron chi connectivity index (χ0n) is 10.5. The van der Waals surface area contributed by atoms with Crippen molar-refractivity contribution in [3.05, 3.63) is 12.1 Å². The summed E-state index contributed by atoms with van der Waals surface area (Å²) in [5.74, 6) is 0.506. The first-order valence-corrected chi connectivity index (χ1v) is 6.38. The first-order valence-electron chi connectivity index (χ1n) is 5.56. The molecule has 3 N–H and O–H groups in total. The van der Waals surface area contributed by atoms with Gasteiger partial charge in [-0.2, -0.15) is 0 Å². The van der Waals surface area contributed by atoms with Crippen LogP contribution in [0.3, 0.4) is 0 Å². The fourth-order valence-corrected chi connectivity index (χ4v) is 2.32. The second-order valence-corrected chi connectivity index (χ2v) is 5.28. The highest BCUT2D eigenvalue weighted by molar-refractivity contribution is 7.22. The largest absolute Gasteiger partial charge is 0.494 e. The van der Waals surface area contributed by atoms with Crippen molar-refractivity contribution in [2.45, 2.75) is 13.8 Å². The average Bonchev–Trinajstić information content (AvgIpc) is 2.68. The minimum absolute atomic E-state index is 0.0334. The molecule has 6 heteroatoms. The number of nitrogens with zero attached hydrogens (tertiary/aromatic N) is 1. The van der Waals surface area contributed by atoms with E-state index in [2.05, 4.69) is 10.3 Å². The first kappa shape index (κ1) is 12.6. The van der Waals surface area contributed by atoms with E-state index < -0.39 is 0 Å². The molecule has 0 aliphatic rings. The van der Waals surface area contributed by atoms with Crippen molar-refractivity contribution in [3.63, 3.8) is 0 Å². The Morgan fingerprint density at radius 3 is 2.83 bits per heavy atom. The monoisotopic (exact) mass is 265 g/mol. The van der Waals surface area contributed by atoms with Gasteiger partial charge in [-0.3, -0.25) is 4.79 Å². The third-order valence-corrected chi connectivity index (χ3v) is 3.32. The lowest BCUT2D eigenvalue weighted by Crippen LogP contribution is -2.17. The van der Waals surface area contributed by atoms with Crippen molar-refractivity contribution in [3.8, 4) is 5.75 Å². The molecular weight excluding hydrogens is 250 g/mol. The minimum Gasteiger partial charge on any atom is -0.494 e. The molecule has 96 valence electrons. The fourth-order valence-electron chi connectivity index (χ4n) is 1.53. The summed E-state index contributed by atoms with van der Waals surface area (Å²) in [7, 11) is 1.57. The highest BCUT2D eigenvalue weighted by Gasteiger charge is 2.12. The van der Waals surface area contributed by atoms with Gasteiger partial charge in [-0.1, -0.05) is 25.2 Å². The maximum atomic E-state index is 11.7. The number of aromatic nitrogens is 1. The number of hydrogen-bond donors (Lipinski definition) is 2. The number of fused-ring (bicyclic) bond motifs is 1. The molecule has 0 radical (unpaired) electrons. The Labute approximate surface area is 109 Å². The van der Waals surface area contributed by atoms with Gasteiger partial charge in [0.05, 0.1) is 11.8 Å². The van der Waals surface area contributed by atoms with E-state index in [9.17, 15) is 4.79 Å². The van der Waals surface area contributed by atoms with Crippen molar-refractivity contribution in [1.82, 2.24) is 4.98 Å². The second kappa shape index (κ2) is 4.81. The molecule has 0 unspecified atom stereocenters. The van der Waals surface area contributed by atoms with Crippen LogP contribution < -0.4 is 15.8 Å². The van der Waals surface area contributed by atoms with Gasteiger partial charge < -0.3 is 15.8 Å². The van der Waals surface area contributed by atoms with Gasteiger partial charge in [-0.25, -0.2) is 4.98 Å². The van der Waals surface area contributed by atoms with Crippen molar-refractivity contribution in [1.29, 1.82) is 0 Å². The number of thiazole rings is 1. The van der Waals surface area contributed by atoms with Crippen molar-refractivity contribution < 1.29 is 9.53 Å². The van der Waals surface area contributed by atoms with Gasteiger partial charge in [0.25, 0.3) is 0 Å². The third-order valence-electron chi connectivity index (χ3n) is 2.49. The average molecular weight is 265 g/mol. The van der Waals surface area contributed by atoms with Gasteiger partial charge in [0.2, 0.25) is 5.91 Å². The van der Waals surface area contributed by atoms with E-state index >= 15 is 0 Å². The SMILES string of the molecule is COc1cc(NC(=O)C(C)C)cc2sc(N)nc12. The van der Waals surface area contributed by atoms with Crippen LogP contribution >= 0.6 is 11.3 Å². The molecule has 2 rings (SSSR count). The molecule has 2 aromatic rings. The number of methoxy groups -OCH3 is 1. The molecule has 0 aliphatic carbocycles. The fraction of sp³-hybridized carbons (Fsp3) is 0.333. The van der Waals surface area contributed by atoms with Crippen LogP contribution in [0.2, 0.25) is 0 Å². The Morgan fingerprint density at radius 1 is 1.50 bits per heavy atom. The molecule has 0 aliphatic heterocycles. The number of carbonyl (C=O) groups excluding carboxylic acids is 1. The first-order chi connectivity index (χ1) is 8.51. The highest BCUT2D eigenvalue weighted by atomic mass is 32.1. The van der Waals surface area contributed by atoms with Crippen LogP contribution in [0.15, 0.2) is 12.1 Å². The predicted molar refractivity (Wildman–Crippen MR) is 74.1 cm³/mol. The summed E-state index contributed by atoms with van der Waals surface area (Å²) >= 11 is 1.37. The van der Waals surface area contributed by atoms with Gasteiger partial charge in [-0.05, 0) is 6.07 Å². The number of benzene rings is 1. The molecule has 0 spiro atoms. The van der Waals surface area contributed by atoms with Crippen LogP contribution in [-0.2, 0) is 4.79 Å². The zero-order valence-corrected chi connectivity index (χ0v) is 11.3. The molecule has 1 aromatic carbocycles. The molecule has 1 amide bonds. The molecule has 0 fully saturated rings. The Balaban J connectivity index is 2.43. The maximum absolute atomic E-state index is 11.7. The van der Waals surface area contributed by atoms with Crippen LogP contribution in [0.4, 0.5) is 10.8 Å². The van der Waals surface area contributed by atoms with E-state index in [0.717, 1.165) is 10.2 Å². The van der Waals surface area contributed by atoms with E-state index in [-0.39, 0.29) is 11.8 Å². The molecule has 0 bridgehead atoms. The number of anilines is 2. The highest BCUT2D eigenvalue weighted by Crippen LogP contribution is 2.34. The lowest BCUT2D eigenvalue weighted by atomic mass is 10.2. The lowest BCUT2D eigenvalue weighted by Gasteiger charge is -2.09. The lowest BCUT2D eigenvalue weighted by molar-refractivity contribution is -0.118. The van der Waals surface area contributed by atoms with Crippen LogP contribution in [0.25, 0.3) is 10.2 Å². The summed E-state index contributed by atoms with van der Waals surface area (Å²) < 4.78 is 6.16. The molecule has 0 saturated carbocycles. The minimum atomic E-state index is -0.0711. The number of ether oxygens (including phenoxy) is 1. The van der Waals surface area contributed by atoms with E-state index in [1.165, 1.54) is 11.3 Å². The van der Waals surface area contributed by atoms with E-state index in [1.54, 1.807) is 13.2 Å². The number of amides is 1. The quantitative estimate of drug-likeness (QED) is 0.893. The van der Waals surface area contributed by atoms with E-state index in [4.69, 9.17) is 10.5 Å². The topological polar surface area (TPSA) is 77.2 Å². The zero-order chi connectivity index (χ0) is 13.3. The predicted octanol–water partition coefficient (Wildman–Crippen LogP) is 2.48. The third kappa shape index (κ3) is 2.38. The van der Waals surface area contributed by atoms with Gasteiger partial charge in [-0.15, -0.1) is 0 Å². The Kier molecular flexibility index (Phi) is 3.38. The number of nitrogen functional groups attached to an aromatic ring is 1. The molecule has 0 saturated heterocycles. The summed E-state index contributed by atoms with van der Waals surface area (Å²) in [6.07, 6.45) is 0. The number of nitrogens with one attached hydrogen (secondary N) is 1. The summed E-state index contributed by atoms with van der Waals surface area (Å²) in [6, 6.07) is 3.61. The van der Waals surface area contributed by atoms with Gasteiger partial charge >= 0.3 is 0 Å². The van der Waals surface area contributed by atoms with E-state index in [0.29, 0.717) is 16.6 Å². The van der Waals surface area contributed by atoms with E-state index in [1.807, 2.05) is 19.9 Å². The normalized spacial score (nSPS) is 10.9. The summed E-state index contributed by atoms with van der Waals surface area (Å²) in [4.78, 5) is 15.9. The number of rotatable bonds is 3. The van der Waals surface area contributed by atoms with Crippen molar-refractivity contribution >= 4 is 38.3 Å². The van der Waals surface area contributed by atoms with Crippen LogP contribution in [0, 0.1) is 5.92 Å². The molecular formula is C12H15N3O2S. The Bertz CT molecular complexity index is 592. The van der Waals surface area contributed by atoms with Gasteiger partial charge in [0.1, 0.15) is 11.3 Å². The Morgan fingerprint density at radius 2 is 2.22 bits per heavy atom. The second-order valence-electron chi connectivity index (χ2n) is 4.22. The molecule has 1 aromatic heterocycles. The van der Waals surface area contributed by atoms with Crippen LogP contribution in [-0.4, -0.2) is 18.0 Å². The van der Waals surface area contributed by atoms with Crippen LogP contribution in [0.1, 0.15) is 13.8 Å². The number of nitrogens with two attached hydrogens (primary N) is 1. The molecule has 1 heterocycles. The van der Waals surface area contributed by atoms with Crippen LogP contribution in [0.5, 0.6) is 5.75 Å². The smallest absolute Gasteiger partial charge is 0.226 e. The molecule has 5 nitrogen and oxygen atoms in total. The standard InChI is InChI=1S/C12H15N3O2S/c1-6(2)11(16)14-7-4-8(17-3)10-9(5-7)18-12(13)15-10/h4-6H,1-3H3,(H2,13,15)(H,14,16). The number of carbonyl (C=O) groups is 1. The molecule has 18 heavy (non-hydrogen) atoms. The summed E-state index contributed by atoms with van der Waals surface area (Å²) in [5, 5.41) is 3.32. The summed E-state index contributed by atoms with van der Waals surface area (Å²) in [5.41, 5.74) is 7.10. The van der Waals surface area contributed by atoms with Gasteiger partial charge in [0.15, 0.2) is 5.13 Å². The van der Waals surface area contributed by atoms with Crippen molar-refractivity contribution in [2.75, 3.05) is 18.2 Å². The van der Waals surface area contributed by atoms with Crippen molar-refractivity contribution in [2.24, 2.45) is 5.92 Å². The summed E-state index contributed by atoms with van der Waals surface area (Å²) in [6.45, 7) is 3.69. The number of hydrogen-bond acceptors (Lipinski definition) is 5. The van der Waals surface area contributed by atoms with Gasteiger partial charge in [0, 0.05) is 17.7 Å². The molecule has 0 atom stereocenters. The maximum Gasteiger partial charge on any atom is 0.226 e. The Hall–Kier alpha value is -1.82.